The summed E-state index contributed by atoms with van der Waals surface area (Å²) in [6.45, 7) is 1.47. The van der Waals surface area contributed by atoms with Crippen LogP contribution in [0.1, 0.15) is 17.3 Å². The monoisotopic (exact) mass is 254 g/mol. The average Bonchev–Trinajstić information content (AvgIpc) is 2.87. The van der Waals surface area contributed by atoms with Crippen molar-refractivity contribution in [2.45, 2.75) is 6.92 Å². The van der Waals surface area contributed by atoms with E-state index in [0.717, 1.165) is 5.65 Å². The number of rotatable bonds is 2. The quantitative estimate of drug-likeness (QED) is 0.657. The summed E-state index contributed by atoms with van der Waals surface area (Å²) in [6.07, 6.45) is 3.43. The van der Waals surface area contributed by atoms with E-state index in [-0.39, 0.29) is 11.6 Å². The van der Waals surface area contributed by atoms with Crippen LogP contribution < -0.4 is 0 Å². The maximum atomic E-state index is 14.0. The van der Waals surface area contributed by atoms with Crippen molar-refractivity contribution in [2.75, 3.05) is 0 Å². The molecule has 94 valence electrons. The van der Waals surface area contributed by atoms with Crippen molar-refractivity contribution in [3.05, 3.63) is 60.2 Å². The lowest BCUT2D eigenvalue weighted by molar-refractivity contribution is 0.101. The lowest BCUT2D eigenvalue weighted by Gasteiger charge is -2.08. The van der Waals surface area contributed by atoms with Gasteiger partial charge in [-0.2, -0.15) is 0 Å². The molecule has 0 amide bonds. The van der Waals surface area contributed by atoms with Gasteiger partial charge < -0.3 is 0 Å². The lowest BCUT2D eigenvalue weighted by atomic mass is 10.0. The molecular weight excluding hydrogens is 243 g/mol. The molecule has 0 radical (unpaired) electrons. The van der Waals surface area contributed by atoms with Crippen molar-refractivity contribution < 1.29 is 9.18 Å². The van der Waals surface area contributed by atoms with Crippen LogP contribution in [0.5, 0.6) is 0 Å². The molecule has 3 aromatic rings. The number of fused-ring (bicyclic) bond motifs is 1. The molecule has 2 aromatic heterocycles. The predicted octanol–water partition coefficient (Wildman–Crippen LogP) is 3.34. The predicted molar refractivity (Wildman–Crippen MR) is 70.6 cm³/mol. The van der Waals surface area contributed by atoms with Gasteiger partial charge in [-0.25, -0.2) is 9.37 Å². The second-order valence-electron chi connectivity index (χ2n) is 4.32. The molecule has 0 aliphatic carbocycles. The summed E-state index contributed by atoms with van der Waals surface area (Å²) in [5.41, 5.74) is 2.31. The van der Waals surface area contributed by atoms with Crippen LogP contribution in [0.15, 0.2) is 48.8 Å². The number of halogens is 1. The van der Waals surface area contributed by atoms with Gasteiger partial charge in [0.2, 0.25) is 0 Å². The average molecular weight is 254 g/mol. The topological polar surface area (TPSA) is 34.4 Å². The number of pyridine rings is 1. The minimum absolute atomic E-state index is 0.0842. The molecule has 0 N–H and O–H groups in total. The number of nitrogens with zero attached hydrogens (tertiary/aromatic N) is 2. The molecule has 0 fully saturated rings. The van der Waals surface area contributed by atoms with Crippen LogP contribution in [0.25, 0.3) is 16.9 Å². The second kappa shape index (κ2) is 4.31. The smallest absolute Gasteiger partial charge is 0.159 e. The highest BCUT2D eigenvalue weighted by Gasteiger charge is 2.11. The number of imidazole rings is 1. The first-order valence-corrected chi connectivity index (χ1v) is 5.90. The van der Waals surface area contributed by atoms with E-state index in [4.69, 9.17) is 0 Å². The molecule has 0 saturated heterocycles. The molecule has 2 heterocycles. The summed E-state index contributed by atoms with van der Waals surface area (Å²) in [7, 11) is 0. The Morgan fingerprint density at radius 1 is 1.26 bits per heavy atom. The zero-order valence-corrected chi connectivity index (χ0v) is 10.3. The molecule has 0 aliphatic rings. The fourth-order valence-corrected chi connectivity index (χ4v) is 2.11. The first-order valence-electron chi connectivity index (χ1n) is 5.90. The van der Waals surface area contributed by atoms with E-state index in [2.05, 4.69) is 4.98 Å². The van der Waals surface area contributed by atoms with Gasteiger partial charge in [-0.3, -0.25) is 9.20 Å². The lowest BCUT2D eigenvalue weighted by Crippen LogP contribution is -1.97. The molecule has 0 saturated carbocycles. The van der Waals surface area contributed by atoms with Crippen LogP contribution >= 0.6 is 0 Å². The SMILES string of the molecule is CC(=O)c1ccc(F)c(-c2cccc3nccn23)c1. The first kappa shape index (κ1) is 11.6. The van der Waals surface area contributed by atoms with Crippen LogP contribution in [-0.2, 0) is 0 Å². The molecule has 4 heteroatoms. The second-order valence-corrected chi connectivity index (χ2v) is 4.32. The van der Waals surface area contributed by atoms with Crippen molar-refractivity contribution in [3.8, 4) is 11.3 Å². The molecule has 19 heavy (non-hydrogen) atoms. The Morgan fingerprint density at radius 2 is 2.11 bits per heavy atom. The van der Waals surface area contributed by atoms with Gasteiger partial charge in [0.05, 0.1) is 5.69 Å². The zero-order valence-electron chi connectivity index (χ0n) is 10.3. The van der Waals surface area contributed by atoms with Crippen molar-refractivity contribution in [1.82, 2.24) is 9.38 Å². The van der Waals surface area contributed by atoms with Crippen molar-refractivity contribution in [3.63, 3.8) is 0 Å². The molecule has 3 nitrogen and oxygen atoms in total. The molecular formula is C15H11FN2O. The van der Waals surface area contributed by atoms with E-state index in [9.17, 15) is 9.18 Å². The van der Waals surface area contributed by atoms with E-state index < -0.39 is 0 Å². The molecule has 1 aromatic carbocycles. The molecule has 0 aliphatic heterocycles. The van der Waals surface area contributed by atoms with Crippen molar-refractivity contribution >= 4 is 11.4 Å². The van der Waals surface area contributed by atoms with E-state index in [1.165, 1.54) is 19.1 Å². The summed E-state index contributed by atoms with van der Waals surface area (Å²) in [5, 5.41) is 0. The number of Topliss-reactive ketones (excluding diaryl/α,β-unsaturated/α-hetero) is 1. The van der Waals surface area contributed by atoms with Crippen LogP contribution in [0, 0.1) is 5.82 Å². The number of hydrogen-bond donors (Lipinski definition) is 0. The van der Waals surface area contributed by atoms with Gasteiger partial charge in [0.1, 0.15) is 11.5 Å². The Kier molecular flexibility index (Phi) is 2.63. The van der Waals surface area contributed by atoms with Gasteiger partial charge in [-0.05, 0) is 37.3 Å². The standard InChI is InChI=1S/C15H11FN2O/c1-10(19)11-5-6-13(16)12(9-11)14-3-2-4-15-17-7-8-18(14)15/h2-9H,1H3. The minimum Gasteiger partial charge on any atom is -0.300 e. The number of aromatic nitrogens is 2. The normalized spacial score (nSPS) is 10.8. The van der Waals surface area contributed by atoms with Gasteiger partial charge in [-0.1, -0.05) is 6.07 Å². The fourth-order valence-electron chi connectivity index (χ4n) is 2.11. The fraction of sp³-hybridized carbons (Fsp3) is 0.0667. The van der Waals surface area contributed by atoms with Crippen LogP contribution in [-0.4, -0.2) is 15.2 Å². The van der Waals surface area contributed by atoms with Gasteiger partial charge >= 0.3 is 0 Å². The Labute approximate surface area is 109 Å². The third-order valence-corrected chi connectivity index (χ3v) is 3.08. The molecule has 3 rings (SSSR count). The summed E-state index contributed by atoms with van der Waals surface area (Å²) >= 11 is 0. The van der Waals surface area contributed by atoms with Gasteiger partial charge in [0.15, 0.2) is 5.78 Å². The summed E-state index contributed by atoms with van der Waals surface area (Å²) in [4.78, 5) is 15.6. The summed E-state index contributed by atoms with van der Waals surface area (Å²) in [6, 6.07) is 9.86. The van der Waals surface area contributed by atoms with E-state index in [0.29, 0.717) is 16.8 Å². The number of carbonyl (C=O) groups is 1. The highest BCUT2D eigenvalue weighted by molar-refractivity contribution is 5.95. The number of benzene rings is 1. The number of carbonyl (C=O) groups excluding carboxylic acids is 1. The Hall–Kier alpha value is -2.49. The third kappa shape index (κ3) is 1.91. The van der Waals surface area contributed by atoms with E-state index in [1.807, 2.05) is 12.1 Å². The zero-order chi connectivity index (χ0) is 13.4. The first-order chi connectivity index (χ1) is 9.16. The van der Waals surface area contributed by atoms with E-state index >= 15 is 0 Å². The van der Waals surface area contributed by atoms with Crippen LogP contribution in [0.4, 0.5) is 4.39 Å². The molecule has 0 unspecified atom stereocenters. The van der Waals surface area contributed by atoms with Gasteiger partial charge in [-0.15, -0.1) is 0 Å². The van der Waals surface area contributed by atoms with Crippen molar-refractivity contribution in [1.29, 1.82) is 0 Å². The number of hydrogen-bond acceptors (Lipinski definition) is 2. The van der Waals surface area contributed by atoms with Crippen LogP contribution in [0.3, 0.4) is 0 Å². The Balaban J connectivity index is 2.29. The van der Waals surface area contributed by atoms with E-state index in [1.54, 1.807) is 28.9 Å². The molecule has 0 spiro atoms. The number of ketones is 1. The van der Waals surface area contributed by atoms with Crippen LogP contribution in [0.2, 0.25) is 0 Å². The highest BCUT2D eigenvalue weighted by Crippen LogP contribution is 2.25. The summed E-state index contributed by atoms with van der Waals surface area (Å²) in [5.74, 6) is -0.440. The summed E-state index contributed by atoms with van der Waals surface area (Å²) < 4.78 is 15.8. The van der Waals surface area contributed by atoms with Gasteiger partial charge in [0.25, 0.3) is 0 Å². The minimum atomic E-state index is -0.355. The van der Waals surface area contributed by atoms with Gasteiger partial charge in [0, 0.05) is 23.5 Å². The maximum absolute atomic E-state index is 14.0. The third-order valence-electron chi connectivity index (χ3n) is 3.08. The maximum Gasteiger partial charge on any atom is 0.159 e. The molecule has 0 atom stereocenters. The highest BCUT2D eigenvalue weighted by atomic mass is 19.1. The Bertz CT molecular complexity index is 777. The molecule has 0 bridgehead atoms. The van der Waals surface area contributed by atoms with Crippen molar-refractivity contribution in [2.24, 2.45) is 0 Å². The largest absolute Gasteiger partial charge is 0.300 e. The Morgan fingerprint density at radius 3 is 2.89 bits per heavy atom.